The van der Waals surface area contributed by atoms with Gasteiger partial charge in [0.1, 0.15) is 0 Å². The van der Waals surface area contributed by atoms with Crippen molar-refractivity contribution in [3.8, 4) is 0 Å². The summed E-state index contributed by atoms with van der Waals surface area (Å²) in [5.41, 5.74) is 0. The summed E-state index contributed by atoms with van der Waals surface area (Å²) in [7, 11) is 0. The van der Waals surface area contributed by atoms with Crippen LogP contribution >= 0.6 is 0 Å². The van der Waals surface area contributed by atoms with Gasteiger partial charge in [0.05, 0.1) is 6.10 Å². The summed E-state index contributed by atoms with van der Waals surface area (Å²) in [4.78, 5) is 22.0. The maximum Gasteiger partial charge on any atom is 0.332 e. The minimum atomic E-state index is -0.925. The van der Waals surface area contributed by atoms with Gasteiger partial charge in [0.2, 0.25) is 0 Å². The molecule has 2 amide bonds. The Kier molecular flexibility index (Phi) is 3.83. The molecule has 0 radical (unpaired) electrons. The molecule has 2 rings (SSSR count). The van der Waals surface area contributed by atoms with E-state index in [2.05, 4.69) is 10.6 Å². The number of carboxylic acid groups (broad SMARTS) is 1. The molecule has 1 saturated carbocycles. The largest absolute Gasteiger partial charge is 0.479 e. The van der Waals surface area contributed by atoms with Crippen LogP contribution in [0.1, 0.15) is 25.7 Å². The Morgan fingerprint density at radius 1 is 1.12 bits per heavy atom. The van der Waals surface area contributed by atoms with Crippen LogP contribution in [-0.4, -0.2) is 42.4 Å². The van der Waals surface area contributed by atoms with Gasteiger partial charge in [-0.1, -0.05) is 0 Å². The Bertz CT molecular complexity index is 304. The Hall–Kier alpha value is -1.30. The highest BCUT2D eigenvalue weighted by Crippen LogP contribution is 2.27. The van der Waals surface area contributed by atoms with E-state index >= 15 is 0 Å². The highest BCUT2D eigenvalue weighted by atomic mass is 16.5. The number of carboxylic acids is 1. The molecule has 6 heteroatoms. The van der Waals surface area contributed by atoms with E-state index in [1.807, 2.05) is 0 Å². The van der Waals surface area contributed by atoms with Gasteiger partial charge in [0.25, 0.3) is 0 Å². The minimum Gasteiger partial charge on any atom is -0.479 e. The fraction of sp³-hybridized carbons (Fsp3) is 0.818. The topological polar surface area (TPSA) is 87.7 Å². The second kappa shape index (κ2) is 5.35. The lowest BCUT2D eigenvalue weighted by Gasteiger charge is -2.12. The lowest BCUT2D eigenvalue weighted by Crippen LogP contribution is -2.40. The van der Waals surface area contributed by atoms with E-state index in [4.69, 9.17) is 9.84 Å². The predicted octanol–water partition coefficient (Wildman–Crippen LogP) is 0.328. The fourth-order valence-electron chi connectivity index (χ4n) is 1.87. The standard InChI is InChI=1S/C11H18N2O4/c14-10(15)9-4-3-8(17-9)6-13-11(16)12-5-7-1-2-7/h7-9H,1-6H2,(H,14,15)(H2,12,13,16). The molecular formula is C11H18N2O4. The molecule has 0 aromatic heterocycles. The number of carbonyl (C=O) groups is 2. The first-order chi connectivity index (χ1) is 8.15. The molecule has 0 bridgehead atoms. The molecule has 6 nitrogen and oxygen atoms in total. The van der Waals surface area contributed by atoms with Gasteiger partial charge < -0.3 is 20.5 Å². The molecule has 1 aliphatic carbocycles. The van der Waals surface area contributed by atoms with Crippen molar-refractivity contribution in [2.45, 2.75) is 37.9 Å². The molecule has 1 saturated heterocycles. The van der Waals surface area contributed by atoms with Crippen LogP contribution < -0.4 is 10.6 Å². The van der Waals surface area contributed by atoms with Crippen molar-refractivity contribution < 1.29 is 19.4 Å². The van der Waals surface area contributed by atoms with Crippen LogP contribution in [-0.2, 0) is 9.53 Å². The number of amides is 2. The zero-order valence-electron chi connectivity index (χ0n) is 9.65. The van der Waals surface area contributed by atoms with Crippen LogP contribution in [0.15, 0.2) is 0 Å². The Labute approximate surface area is 99.7 Å². The molecule has 3 N–H and O–H groups in total. The first-order valence-corrected chi connectivity index (χ1v) is 6.05. The van der Waals surface area contributed by atoms with Crippen molar-refractivity contribution in [2.75, 3.05) is 13.1 Å². The summed E-state index contributed by atoms with van der Waals surface area (Å²) >= 11 is 0. The van der Waals surface area contributed by atoms with Crippen LogP contribution in [0, 0.1) is 5.92 Å². The van der Waals surface area contributed by atoms with Crippen LogP contribution in [0.25, 0.3) is 0 Å². The minimum absolute atomic E-state index is 0.178. The molecule has 96 valence electrons. The van der Waals surface area contributed by atoms with E-state index < -0.39 is 12.1 Å². The first-order valence-electron chi connectivity index (χ1n) is 6.05. The summed E-state index contributed by atoms with van der Waals surface area (Å²) < 4.78 is 5.27. The van der Waals surface area contributed by atoms with E-state index in [1.54, 1.807) is 0 Å². The summed E-state index contributed by atoms with van der Waals surface area (Å²) in [5, 5.41) is 14.2. The van der Waals surface area contributed by atoms with Crippen molar-refractivity contribution in [1.82, 2.24) is 10.6 Å². The number of hydrogen-bond donors (Lipinski definition) is 3. The van der Waals surface area contributed by atoms with E-state index in [0.717, 1.165) is 6.54 Å². The van der Waals surface area contributed by atoms with Gasteiger partial charge in [-0.05, 0) is 31.6 Å². The molecule has 2 aliphatic rings. The lowest BCUT2D eigenvalue weighted by molar-refractivity contribution is -0.149. The van der Waals surface area contributed by atoms with Gasteiger partial charge in [-0.15, -0.1) is 0 Å². The van der Waals surface area contributed by atoms with Crippen LogP contribution in [0.2, 0.25) is 0 Å². The maximum absolute atomic E-state index is 11.4. The summed E-state index contributed by atoms with van der Waals surface area (Å²) in [6.07, 6.45) is 2.71. The van der Waals surface area contributed by atoms with E-state index in [-0.39, 0.29) is 12.1 Å². The number of urea groups is 1. The quantitative estimate of drug-likeness (QED) is 0.648. The lowest BCUT2D eigenvalue weighted by atomic mass is 10.2. The normalized spacial score (nSPS) is 27.8. The zero-order chi connectivity index (χ0) is 12.3. The Morgan fingerprint density at radius 3 is 2.41 bits per heavy atom. The predicted molar refractivity (Wildman–Crippen MR) is 59.7 cm³/mol. The Morgan fingerprint density at radius 2 is 1.82 bits per heavy atom. The van der Waals surface area contributed by atoms with Gasteiger partial charge in [-0.25, -0.2) is 9.59 Å². The van der Waals surface area contributed by atoms with Crippen molar-refractivity contribution >= 4 is 12.0 Å². The third-order valence-electron chi connectivity index (χ3n) is 3.12. The third kappa shape index (κ3) is 3.89. The summed E-state index contributed by atoms with van der Waals surface area (Å²) in [6.45, 7) is 1.11. The number of rotatable bonds is 5. The molecule has 1 aliphatic heterocycles. The fourth-order valence-corrected chi connectivity index (χ4v) is 1.87. The van der Waals surface area contributed by atoms with Crippen molar-refractivity contribution in [2.24, 2.45) is 5.92 Å². The van der Waals surface area contributed by atoms with E-state index in [0.29, 0.717) is 25.3 Å². The summed E-state index contributed by atoms with van der Waals surface area (Å²) in [6, 6.07) is -0.195. The molecule has 1 heterocycles. The molecule has 0 aromatic carbocycles. The number of aliphatic carboxylic acids is 1. The third-order valence-corrected chi connectivity index (χ3v) is 3.12. The van der Waals surface area contributed by atoms with Gasteiger partial charge >= 0.3 is 12.0 Å². The molecular weight excluding hydrogens is 224 g/mol. The second-order valence-corrected chi connectivity index (χ2v) is 4.70. The van der Waals surface area contributed by atoms with Crippen molar-refractivity contribution in [1.29, 1.82) is 0 Å². The number of nitrogens with one attached hydrogen (secondary N) is 2. The molecule has 2 unspecified atom stereocenters. The summed E-state index contributed by atoms with van der Waals surface area (Å²) in [5.74, 6) is -0.273. The highest BCUT2D eigenvalue weighted by molar-refractivity contribution is 5.74. The SMILES string of the molecule is O=C(NCC1CC1)NCC1CCC(C(=O)O)O1. The van der Waals surface area contributed by atoms with Crippen molar-refractivity contribution in [3.63, 3.8) is 0 Å². The van der Waals surface area contributed by atoms with Crippen LogP contribution in [0.4, 0.5) is 4.79 Å². The zero-order valence-corrected chi connectivity index (χ0v) is 9.65. The van der Waals surface area contributed by atoms with E-state index in [1.165, 1.54) is 12.8 Å². The first kappa shape index (κ1) is 12.2. The Balaban J connectivity index is 1.58. The molecule has 0 aromatic rings. The number of ether oxygens (including phenoxy) is 1. The van der Waals surface area contributed by atoms with Gasteiger partial charge in [-0.3, -0.25) is 0 Å². The molecule has 2 atom stereocenters. The van der Waals surface area contributed by atoms with Gasteiger partial charge in [0, 0.05) is 13.1 Å². The van der Waals surface area contributed by atoms with Gasteiger partial charge in [-0.2, -0.15) is 0 Å². The van der Waals surface area contributed by atoms with E-state index in [9.17, 15) is 9.59 Å². The van der Waals surface area contributed by atoms with Gasteiger partial charge in [0.15, 0.2) is 6.10 Å². The number of carbonyl (C=O) groups excluding carboxylic acids is 1. The maximum atomic E-state index is 11.4. The molecule has 17 heavy (non-hydrogen) atoms. The average molecular weight is 242 g/mol. The smallest absolute Gasteiger partial charge is 0.332 e. The second-order valence-electron chi connectivity index (χ2n) is 4.70. The average Bonchev–Trinajstić information content (AvgIpc) is 3.00. The van der Waals surface area contributed by atoms with Crippen LogP contribution in [0.3, 0.4) is 0 Å². The van der Waals surface area contributed by atoms with Crippen molar-refractivity contribution in [3.05, 3.63) is 0 Å². The van der Waals surface area contributed by atoms with Crippen LogP contribution in [0.5, 0.6) is 0 Å². The monoisotopic (exact) mass is 242 g/mol. The molecule has 2 fully saturated rings. The number of hydrogen-bond acceptors (Lipinski definition) is 3. The molecule has 0 spiro atoms. The highest BCUT2D eigenvalue weighted by Gasteiger charge is 2.30.